The second-order valence-corrected chi connectivity index (χ2v) is 6.45. The number of hydrogen-bond donors (Lipinski definition) is 0. The van der Waals surface area contributed by atoms with Gasteiger partial charge >= 0.3 is 0 Å². The first-order valence-corrected chi connectivity index (χ1v) is 8.95. The van der Waals surface area contributed by atoms with Gasteiger partial charge in [-0.1, -0.05) is 42.1 Å². The lowest BCUT2D eigenvalue weighted by molar-refractivity contribution is 0.101. The molecule has 0 bridgehead atoms. The van der Waals surface area contributed by atoms with Gasteiger partial charge in [0.15, 0.2) is 16.8 Å². The lowest BCUT2D eigenvalue weighted by Gasteiger charge is -2.09. The second-order valence-electron chi connectivity index (χ2n) is 5.51. The molecule has 0 N–H and O–H groups in total. The Balaban J connectivity index is 1.74. The van der Waals surface area contributed by atoms with Crippen molar-refractivity contribution >= 4 is 17.5 Å². The van der Waals surface area contributed by atoms with Crippen LogP contribution in [0.2, 0.25) is 0 Å². The monoisotopic (exact) mass is 369 g/mol. The van der Waals surface area contributed by atoms with Crippen LogP contribution in [0.15, 0.2) is 53.7 Å². The van der Waals surface area contributed by atoms with Gasteiger partial charge in [0.1, 0.15) is 11.5 Å². The number of rotatable bonds is 7. The Hall–Kier alpha value is -2.80. The minimum Gasteiger partial charge on any atom is -0.497 e. The number of benzene rings is 2. The van der Waals surface area contributed by atoms with Gasteiger partial charge in [-0.2, -0.15) is 0 Å². The van der Waals surface area contributed by atoms with E-state index in [4.69, 9.17) is 9.47 Å². The molecule has 0 atom stereocenters. The molecule has 0 aliphatic carbocycles. The van der Waals surface area contributed by atoms with Gasteiger partial charge in [-0.05, 0) is 12.1 Å². The van der Waals surface area contributed by atoms with Crippen LogP contribution >= 0.6 is 11.8 Å². The van der Waals surface area contributed by atoms with Crippen LogP contribution in [0.3, 0.4) is 0 Å². The van der Waals surface area contributed by atoms with Crippen molar-refractivity contribution in [2.45, 2.75) is 5.16 Å². The van der Waals surface area contributed by atoms with Gasteiger partial charge in [0.05, 0.1) is 25.5 Å². The summed E-state index contributed by atoms with van der Waals surface area (Å²) in [6.07, 6.45) is 0. The number of carbonyl (C=O) groups excluding carboxylic acids is 1. The standard InChI is InChI=1S/C19H19N3O3S/c1-22-18(13-7-5-4-6-8-13)20-21-19(22)26-12-16(23)15-10-9-14(24-2)11-17(15)25-3/h4-11H,12H2,1-3H3. The third-order valence-electron chi connectivity index (χ3n) is 3.91. The molecule has 3 rings (SSSR count). The predicted octanol–water partition coefficient (Wildman–Crippen LogP) is 3.47. The average Bonchev–Trinajstić information content (AvgIpc) is 3.06. The molecule has 0 unspecified atom stereocenters. The summed E-state index contributed by atoms with van der Waals surface area (Å²) in [7, 11) is 5.00. The van der Waals surface area contributed by atoms with Crippen molar-refractivity contribution in [2.24, 2.45) is 7.05 Å². The van der Waals surface area contributed by atoms with Crippen LogP contribution in [0.25, 0.3) is 11.4 Å². The van der Waals surface area contributed by atoms with Crippen molar-refractivity contribution in [1.29, 1.82) is 0 Å². The lowest BCUT2D eigenvalue weighted by atomic mass is 10.1. The van der Waals surface area contributed by atoms with Crippen molar-refractivity contribution in [3.05, 3.63) is 54.1 Å². The van der Waals surface area contributed by atoms with Gasteiger partial charge in [-0.25, -0.2) is 0 Å². The molecule has 26 heavy (non-hydrogen) atoms. The molecule has 0 spiro atoms. The highest BCUT2D eigenvalue weighted by atomic mass is 32.2. The van der Waals surface area contributed by atoms with E-state index in [0.717, 1.165) is 11.4 Å². The highest BCUT2D eigenvalue weighted by molar-refractivity contribution is 7.99. The molecule has 1 aromatic heterocycles. The number of ether oxygens (including phenoxy) is 2. The van der Waals surface area contributed by atoms with Crippen LogP contribution in [0, 0.1) is 0 Å². The minimum absolute atomic E-state index is 0.0428. The van der Waals surface area contributed by atoms with Crippen LogP contribution < -0.4 is 9.47 Å². The first-order chi connectivity index (χ1) is 12.6. The third kappa shape index (κ3) is 3.72. The fourth-order valence-electron chi connectivity index (χ4n) is 2.52. The molecule has 0 aliphatic rings. The van der Waals surface area contributed by atoms with E-state index >= 15 is 0 Å². The Morgan fingerprint density at radius 2 is 1.85 bits per heavy atom. The summed E-state index contributed by atoms with van der Waals surface area (Å²) < 4.78 is 12.4. The average molecular weight is 369 g/mol. The summed E-state index contributed by atoms with van der Waals surface area (Å²) in [5.41, 5.74) is 1.50. The Kier molecular flexibility index (Phi) is 5.58. The molecule has 0 amide bonds. The molecule has 1 heterocycles. The van der Waals surface area contributed by atoms with Crippen molar-refractivity contribution in [1.82, 2.24) is 14.8 Å². The maximum atomic E-state index is 12.6. The number of nitrogens with zero attached hydrogens (tertiary/aromatic N) is 3. The van der Waals surface area contributed by atoms with Crippen molar-refractivity contribution in [3.8, 4) is 22.9 Å². The van der Waals surface area contributed by atoms with Gasteiger partial charge < -0.3 is 14.0 Å². The Bertz CT molecular complexity index is 910. The van der Waals surface area contributed by atoms with Gasteiger partial charge in [-0.3, -0.25) is 4.79 Å². The molecule has 7 heteroatoms. The molecule has 134 valence electrons. The van der Waals surface area contributed by atoms with Crippen molar-refractivity contribution in [3.63, 3.8) is 0 Å². The predicted molar refractivity (Wildman–Crippen MR) is 101 cm³/mol. The normalized spacial score (nSPS) is 10.6. The highest BCUT2D eigenvalue weighted by Gasteiger charge is 2.16. The maximum Gasteiger partial charge on any atom is 0.191 e. The first kappa shape index (κ1) is 18.0. The van der Waals surface area contributed by atoms with E-state index in [-0.39, 0.29) is 11.5 Å². The Labute approximate surface area is 156 Å². The van der Waals surface area contributed by atoms with Gasteiger partial charge in [0, 0.05) is 18.7 Å². The number of carbonyl (C=O) groups is 1. The number of Topliss-reactive ketones (excluding diaryl/α,β-unsaturated/α-hetero) is 1. The smallest absolute Gasteiger partial charge is 0.191 e. The number of aromatic nitrogens is 3. The van der Waals surface area contributed by atoms with Crippen molar-refractivity contribution in [2.75, 3.05) is 20.0 Å². The van der Waals surface area contributed by atoms with Crippen LogP contribution in [0.5, 0.6) is 11.5 Å². The van der Waals surface area contributed by atoms with Gasteiger partial charge in [0.25, 0.3) is 0 Å². The summed E-state index contributed by atoms with van der Waals surface area (Å²) in [6.45, 7) is 0. The summed E-state index contributed by atoms with van der Waals surface area (Å²) in [6, 6.07) is 15.0. The Morgan fingerprint density at radius 3 is 2.54 bits per heavy atom. The van der Waals surface area contributed by atoms with Crippen LogP contribution in [0.1, 0.15) is 10.4 Å². The van der Waals surface area contributed by atoms with E-state index in [1.807, 2.05) is 41.9 Å². The SMILES string of the molecule is COc1ccc(C(=O)CSc2nnc(-c3ccccc3)n2C)c(OC)c1. The van der Waals surface area contributed by atoms with Crippen LogP contribution in [0.4, 0.5) is 0 Å². The minimum atomic E-state index is -0.0428. The Morgan fingerprint density at radius 1 is 1.08 bits per heavy atom. The molecule has 2 aromatic carbocycles. The van der Waals surface area contributed by atoms with Crippen LogP contribution in [-0.2, 0) is 7.05 Å². The van der Waals surface area contributed by atoms with E-state index < -0.39 is 0 Å². The largest absolute Gasteiger partial charge is 0.497 e. The number of methoxy groups -OCH3 is 2. The molecular formula is C19H19N3O3S. The van der Waals surface area contributed by atoms with Crippen molar-refractivity contribution < 1.29 is 14.3 Å². The molecule has 0 aliphatic heterocycles. The van der Waals surface area contributed by atoms with E-state index in [1.54, 1.807) is 25.3 Å². The summed E-state index contributed by atoms with van der Waals surface area (Å²) in [5.74, 6) is 2.11. The number of thioether (sulfide) groups is 1. The number of ketones is 1. The fraction of sp³-hybridized carbons (Fsp3) is 0.211. The fourth-order valence-corrected chi connectivity index (χ4v) is 3.31. The topological polar surface area (TPSA) is 66.2 Å². The zero-order chi connectivity index (χ0) is 18.5. The molecule has 0 saturated carbocycles. The van der Waals surface area contributed by atoms with Gasteiger partial charge in [0.2, 0.25) is 0 Å². The zero-order valence-electron chi connectivity index (χ0n) is 14.8. The summed E-state index contributed by atoms with van der Waals surface area (Å²) >= 11 is 1.35. The maximum absolute atomic E-state index is 12.6. The number of hydrogen-bond acceptors (Lipinski definition) is 6. The van der Waals surface area contributed by atoms with E-state index in [0.29, 0.717) is 22.2 Å². The summed E-state index contributed by atoms with van der Waals surface area (Å²) in [5, 5.41) is 9.12. The molecule has 6 nitrogen and oxygen atoms in total. The second kappa shape index (κ2) is 8.05. The van der Waals surface area contributed by atoms with Crippen LogP contribution in [-0.4, -0.2) is 40.5 Å². The van der Waals surface area contributed by atoms with E-state index in [1.165, 1.54) is 18.9 Å². The molecule has 3 aromatic rings. The molecule has 0 radical (unpaired) electrons. The quantitative estimate of drug-likeness (QED) is 0.469. The molecular weight excluding hydrogens is 350 g/mol. The first-order valence-electron chi connectivity index (χ1n) is 7.97. The van der Waals surface area contributed by atoms with E-state index in [2.05, 4.69) is 10.2 Å². The summed E-state index contributed by atoms with van der Waals surface area (Å²) in [4.78, 5) is 12.6. The molecule has 0 fully saturated rings. The highest BCUT2D eigenvalue weighted by Crippen LogP contribution is 2.28. The molecule has 0 saturated heterocycles. The third-order valence-corrected chi connectivity index (χ3v) is 4.93. The lowest BCUT2D eigenvalue weighted by Crippen LogP contribution is -2.06. The van der Waals surface area contributed by atoms with Gasteiger partial charge in [-0.15, -0.1) is 10.2 Å². The zero-order valence-corrected chi connectivity index (χ0v) is 15.6. The van der Waals surface area contributed by atoms with E-state index in [9.17, 15) is 4.79 Å².